The SMILES string of the molecule is CC1(C)c2ccccc2N(c2ccc3c(c2)P(=O)(c2ccccc2)c2ccccc2O3)c2cc3c(cc21)N(c1ccc2c(c1)P(=O)(c1ccccc1)c1ccccc1O2)c1ccccc1C3(C)C. The average molecular weight is 921 g/mol. The Morgan fingerprint density at radius 2 is 0.691 bits per heavy atom. The lowest BCUT2D eigenvalue weighted by molar-refractivity contribution is 0.485. The molecule has 0 aromatic heterocycles. The smallest absolute Gasteiger partial charge is 0.178 e. The normalized spacial score (nSPS) is 19.5. The van der Waals surface area contributed by atoms with Crippen molar-refractivity contribution in [2.75, 3.05) is 9.80 Å². The molecule has 0 bridgehead atoms. The van der Waals surface area contributed by atoms with E-state index in [0.29, 0.717) is 44.2 Å². The standard InChI is InChI=1S/C60H46N2O4P2/c1-59(2)43-23-11-13-25-47(43)61(39-31-33-53-57(35-39)67(63,41-19-7-5-8-20-41)55-29-17-15-27-51(55)65-53)49-38-46-50(37-45(49)59)62(48-26-14-12-24-44(48)60(46,3)4)40-32-34-54-58(36-40)68(64,42-21-9-6-10-22-42)56-30-18-16-28-52(56)66-54/h5-38H,1-4H3. The third-order valence-electron chi connectivity index (χ3n) is 14.7. The van der Waals surface area contributed by atoms with Crippen LogP contribution in [0.3, 0.4) is 0 Å². The molecule has 0 aliphatic carbocycles. The predicted octanol–water partition coefficient (Wildman–Crippen LogP) is 13.4. The Balaban J connectivity index is 1.04. The van der Waals surface area contributed by atoms with Gasteiger partial charge >= 0.3 is 0 Å². The van der Waals surface area contributed by atoms with Crippen molar-refractivity contribution in [3.8, 4) is 23.0 Å². The number of rotatable bonds is 4. The van der Waals surface area contributed by atoms with Crippen molar-refractivity contribution < 1.29 is 18.6 Å². The Morgan fingerprint density at radius 3 is 1.12 bits per heavy atom. The van der Waals surface area contributed by atoms with Gasteiger partial charge in [-0.05, 0) is 107 Å². The Morgan fingerprint density at radius 1 is 0.338 bits per heavy atom. The lowest BCUT2D eigenvalue weighted by Crippen LogP contribution is -2.36. The number of hydrogen-bond acceptors (Lipinski definition) is 6. The fraction of sp³-hybridized carbons (Fsp3) is 0.100. The zero-order valence-electron chi connectivity index (χ0n) is 38.1. The fourth-order valence-electron chi connectivity index (χ4n) is 11.3. The van der Waals surface area contributed by atoms with Gasteiger partial charge in [0.25, 0.3) is 0 Å². The summed E-state index contributed by atoms with van der Waals surface area (Å²) in [6, 6.07) is 69.6. The number of hydrogen-bond donors (Lipinski definition) is 0. The molecule has 0 spiro atoms. The van der Waals surface area contributed by atoms with E-state index >= 15 is 9.13 Å². The van der Waals surface area contributed by atoms with Crippen LogP contribution in [0.25, 0.3) is 0 Å². The van der Waals surface area contributed by atoms with Gasteiger partial charge in [-0.2, -0.15) is 0 Å². The molecule has 8 heteroatoms. The third kappa shape index (κ3) is 5.59. The van der Waals surface area contributed by atoms with Gasteiger partial charge in [-0.3, -0.25) is 0 Å². The second kappa shape index (κ2) is 14.6. The molecule has 0 amide bonds. The van der Waals surface area contributed by atoms with E-state index < -0.39 is 25.1 Å². The minimum atomic E-state index is -3.38. The van der Waals surface area contributed by atoms with Crippen LogP contribution in [0.5, 0.6) is 23.0 Å². The molecule has 2 atom stereocenters. The highest BCUT2D eigenvalue weighted by atomic mass is 31.2. The molecule has 0 radical (unpaired) electrons. The molecule has 0 fully saturated rings. The summed E-state index contributed by atoms with van der Waals surface area (Å²) in [5, 5.41) is 4.28. The summed E-state index contributed by atoms with van der Waals surface area (Å²) >= 11 is 0. The average Bonchev–Trinajstić information content (AvgIpc) is 3.37. The van der Waals surface area contributed by atoms with Gasteiger partial charge in [0.2, 0.25) is 0 Å². The molecular formula is C60H46N2O4P2. The van der Waals surface area contributed by atoms with Crippen molar-refractivity contribution in [3.05, 3.63) is 229 Å². The largest absolute Gasteiger partial charge is 0.456 e. The van der Waals surface area contributed by atoms with E-state index in [0.717, 1.165) is 55.9 Å². The van der Waals surface area contributed by atoms with Gasteiger partial charge in [0.05, 0.1) is 44.0 Å². The first-order chi connectivity index (χ1) is 33.0. The molecule has 9 aromatic carbocycles. The maximum atomic E-state index is 16.0. The molecule has 0 N–H and O–H groups in total. The number of anilines is 6. The van der Waals surface area contributed by atoms with Crippen molar-refractivity contribution in [1.29, 1.82) is 0 Å². The number of para-hydroxylation sites is 4. The van der Waals surface area contributed by atoms with E-state index in [1.165, 1.54) is 11.1 Å². The van der Waals surface area contributed by atoms with E-state index in [-0.39, 0.29) is 0 Å². The molecule has 2 unspecified atom stereocenters. The summed E-state index contributed by atoms with van der Waals surface area (Å²) in [5.74, 6) is 2.43. The summed E-state index contributed by atoms with van der Waals surface area (Å²) in [7, 11) is -6.76. The lowest BCUT2D eigenvalue weighted by Gasteiger charge is -2.47. The van der Waals surface area contributed by atoms with Crippen molar-refractivity contribution in [2.45, 2.75) is 38.5 Å². The zero-order chi connectivity index (χ0) is 46.2. The van der Waals surface area contributed by atoms with Gasteiger partial charge in [0.1, 0.15) is 23.0 Å². The fourth-order valence-corrected chi connectivity index (χ4v) is 17.1. The van der Waals surface area contributed by atoms with Crippen LogP contribution in [-0.4, -0.2) is 0 Å². The van der Waals surface area contributed by atoms with Crippen LogP contribution in [0.4, 0.5) is 34.1 Å². The van der Waals surface area contributed by atoms with Crippen molar-refractivity contribution in [1.82, 2.24) is 0 Å². The van der Waals surface area contributed by atoms with Crippen molar-refractivity contribution >= 4 is 80.2 Å². The van der Waals surface area contributed by atoms with Gasteiger partial charge < -0.3 is 28.4 Å². The highest BCUT2D eigenvalue weighted by molar-refractivity contribution is 7.86. The van der Waals surface area contributed by atoms with Crippen LogP contribution in [0.2, 0.25) is 0 Å². The van der Waals surface area contributed by atoms with Gasteiger partial charge in [-0.25, -0.2) is 0 Å². The third-order valence-corrected chi connectivity index (χ3v) is 21.0. The monoisotopic (exact) mass is 920 g/mol. The van der Waals surface area contributed by atoms with Gasteiger partial charge in [-0.15, -0.1) is 0 Å². The number of benzene rings is 9. The molecular weight excluding hydrogens is 875 g/mol. The Labute approximate surface area is 396 Å². The molecule has 0 saturated carbocycles. The lowest BCUT2D eigenvalue weighted by atomic mass is 9.69. The van der Waals surface area contributed by atoms with Crippen molar-refractivity contribution in [3.63, 3.8) is 0 Å². The maximum Gasteiger partial charge on any atom is 0.178 e. The second-order valence-electron chi connectivity index (χ2n) is 19.2. The number of ether oxygens (including phenoxy) is 2. The summed E-state index contributed by atoms with van der Waals surface area (Å²) in [6.45, 7) is 9.24. The maximum absolute atomic E-state index is 16.0. The second-order valence-corrected chi connectivity index (χ2v) is 24.6. The first-order valence-corrected chi connectivity index (χ1v) is 26.5. The Kier molecular flexibility index (Phi) is 8.76. The zero-order valence-corrected chi connectivity index (χ0v) is 39.8. The molecule has 330 valence electrons. The van der Waals surface area contributed by atoms with Crippen LogP contribution in [0.15, 0.2) is 206 Å². The topological polar surface area (TPSA) is 59.1 Å². The van der Waals surface area contributed by atoms with E-state index in [2.05, 4.69) is 122 Å². The Hall–Kier alpha value is -7.36. The van der Waals surface area contributed by atoms with Crippen LogP contribution in [0.1, 0.15) is 49.9 Å². The summed E-state index contributed by atoms with van der Waals surface area (Å²) in [5.41, 5.74) is 9.79. The van der Waals surface area contributed by atoms with Gasteiger partial charge in [0.15, 0.2) is 14.3 Å². The number of fused-ring (bicyclic) bond motifs is 8. The highest BCUT2D eigenvalue weighted by Crippen LogP contribution is 2.61. The minimum absolute atomic E-state index is 0.434. The van der Waals surface area contributed by atoms with E-state index in [4.69, 9.17) is 9.47 Å². The molecule has 13 rings (SSSR count). The van der Waals surface area contributed by atoms with Crippen LogP contribution < -0.4 is 51.1 Å². The summed E-state index contributed by atoms with van der Waals surface area (Å²) in [6.07, 6.45) is 0. The van der Waals surface area contributed by atoms with E-state index in [1.54, 1.807) is 0 Å². The quantitative estimate of drug-likeness (QED) is 0.164. The van der Waals surface area contributed by atoms with Gasteiger partial charge in [-0.1, -0.05) is 149 Å². The van der Waals surface area contributed by atoms with E-state index in [1.807, 2.05) is 121 Å². The summed E-state index contributed by atoms with van der Waals surface area (Å²) in [4.78, 5) is 4.72. The molecule has 4 aliphatic rings. The first kappa shape index (κ1) is 40.9. The van der Waals surface area contributed by atoms with E-state index in [9.17, 15) is 0 Å². The highest BCUT2D eigenvalue weighted by Gasteiger charge is 2.46. The molecule has 6 nitrogen and oxygen atoms in total. The molecule has 68 heavy (non-hydrogen) atoms. The first-order valence-electron chi connectivity index (χ1n) is 23.1. The Bertz CT molecular complexity index is 3440. The molecule has 0 saturated heterocycles. The van der Waals surface area contributed by atoms with Gasteiger partial charge in [0, 0.05) is 32.8 Å². The van der Waals surface area contributed by atoms with Crippen LogP contribution >= 0.6 is 14.3 Å². The molecule has 4 aliphatic heterocycles. The predicted molar refractivity (Wildman–Crippen MR) is 279 cm³/mol. The number of nitrogens with zero attached hydrogens (tertiary/aromatic N) is 2. The minimum Gasteiger partial charge on any atom is -0.456 e. The molecule has 4 heterocycles. The summed E-state index contributed by atoms with van der Waals surface area (Å²) < 4.78 is 45.2. The molecule has 9 aromatic rings. The van der Waals surface area contributed by atoms with Crippen LogP contribution in [-0.2, 0) is 20.0 Å². The van der Waals surface area contributed by atoms with Crippen LogP contribution in [0, 0.1) is 0 Å². The van der Waals surface area contributed by atoms with Crippen molar-refractivity contribution in [2.24, 2.45) is 0 Å².